The maximum Gasteiger partial charge on any atom is 0.249 e. The summed E-state index contributed by atoms with van der Waals surface area (Å²) in [6.45, 7) is 7.06. The van der Waals surface area contributed by atoms with Crippen molar-refractivity contribution in [3.63, 3.8) is 0 Å². The Morgan fingerprint density at radius 1 is 1.30 bits per heavy atom. The van der Waals surface area contributed by atoms with Crippen molar-refractivity contribution in [2.24, 2.45) is 5.92 Å². The monoisotopic (exact) mass is 291 g/mol. The Hall–Kier alpha value is -1.88. The average molecular weight is 292 g/mol. The van der Waals surface area contributed by atoms with E-state index in [1.165, 1.54) is 0 Å². The lowest BCUT2D eigenvalue weighted by molar-refractivity contribution is 0.686. The van der Waals surface area contributed by atoms with Crippen LogP contribution in [-0.2, 0) is 0 Å². The minimum atomic E-state index is 0.448. The van der Waals surface area contributed by atoms with Gasteiger partial charge in [-0.25, -0.2) is 0 Å². The van der Waals surface area contributed by atoms with Crippen LogP contribution in [0.4, 0.5) is 17.5 Å². The molecule has 1 heterocycles. The second-order valence-corrected chi connectivity index (χ2v) is 5.38. The quantitative estimate of drug-likeness (QED) is 0.880. The lowest BCUT2D eigenvalue weighted by atomic mass is 10.2. The lowest BCUT2D eigenvalue weighted by Gasteiger charge is -2.11. The van der Waals surface area contributed by atoms with Crippen LogP contribution in [0.15, 0.2) is 24.4 Å². The van der Waals surface area contributed by atoms with Crippen LogP contribution in [-0.4, -0.2) is 21.7 Å². The van der Waals surface area contributed by atoms with Crippen molar-refractivity contribution in [2.45, 2.75) is 20.8 Å². The Morgan fingerprint density at radius 2 is 2.10 bits per heavy atom. The van der Waals surface area contributed by atoms with Gasteiger partial charge in [-0.15, -0.1) is 5.10 Å². The summed E-state index contributed by atoms with van der Waals surface area (Å²) in [7, 11) is 0. The zero-order valence-electron chi connectivity index (χ0n) is 11.8. The van der Waals surface area contributed by atoms with Crippen LogP contribution in [0, 0.1) is 12.8 Å². The van der Waals surface area contributed by atoms with Gasteiger partial charge in [-0.05, 0) is 30.5 Å². The maximum atomic E-state index is 6.09. The van der Waals surface area contributed by atoms with Crippen LogP contribution in [0.25, 0.3) is 0 Å². The van der Waals surface area contributed by atoms with Crippen molar-refractivity contribution in [1.82, 2.24) is 15.2 Å². The smallest absolute Gasteiger partial charge is 0.249 e. The Morgan fingerprint density at radius 3 is 2.85 bits per heavy atom. The summed E-state index contributed by atoms with van der Waals surface area (Å²) in [4.78, 5) is 4.37. The van der Waals surface area contributed by atoms with Gasteiger partial charge in [0.25, 0.3) is 0 Å². The first-order chi connectivity index (χ1) is 9.56. The molecule has 0 amide bonds. The summed E-state index contributed by atoms with van der Waals surface area (Å²) in [5, 5.41) is 15.0. The Labute approximate surface area is 123 Å². The molecule has 0 aliphatic heterocycles. The number of benzene rings is 1. The number of halogens is 1. The van der Waals surface area contributed by atoms with Crippen molar-refractivity contribution in [3.8, 4) is 0 Å². The Kier molecular flexibility index (Phi) is 4.74. The summed E-state index contributed by atoms with van der Waals surface area (Å²) in [6, 6.07) is 5.66. The predicted molar refractivity (Wildman–Crippen MR) is 82.6 cm³/mol. The number of hydrogen-bond donors (Lipinski definition) is 2. The molecule has 6 heteroatoms. The van der Waals surface area contributed by atoms with E-state index in [9.17, 15) is 0 Å². The first kappa shape index (κ1) is 14.5. The highest BCUT2D eigenvalue weighted by molar-refractivity contribution is 6.31. The summed E-state index contributed by atoms with van der Waals surface area (Å²) >= 11 is 6.09. The van der Waals surface area contributed by atoms with Gasteiger partial charge in [-0.2, -0.15) is 10.1 Å². The van der Waals surface area contributed by atoms with Crippen molar-refractivity contribution in [1.29, 1.82) is 0 Å². The van der Waals surface area contributed by atoms with Crippen molar-refractivity contribution < 1.29 is 0 Å². The lowest BCUT2D eigenvalue weighted by Crippen LogP contribution is -2.11. The van der Waals surface area contributed by atoms with E-state index in [2.05, 4.69) is 39.7 Å². The second kappa shape index (κ2) is 6.52. The van der Waals surface area contributed by atoms with E-state index in [4.69, 9.17) is 11.6 Å². The second-order valence-electron chi connectivity index (χ2n) is 4.98. The van der Waals surface area contributed by atoms with Gasteiger partial charge in [0, 0.05) is 17.3 Å². The number of anilines is 3. The van der Waals surface area contributed by atoms with Gasteiger partial charge in [0.15, 0.2) is 5.82 Å². The molecular weight excluding hydrogens is 274 g/mol. The molecule has 0 aliphatic carbocycles. The topological polar surface area (TPSA) is 62.7 Å². The molecule has 0 bridgehead atoms. The van der Waals surface area contributed by atoms with Crippen molar-refractivity contribution in [3.05, 3.63) is 35.0 Å². The van der Waals surface area contributed by atoms with Crippen molar-refractivity contribution >= 4 is 29.1 Å². The van der Waals surface area contributed by atoms with E-state index < -0.39 is 0 Å². The molecule has 0 spiro atoms. The molecule has 1 aromatic carbocycles. The molecule has 2 rings (SSSR count). The number of hydrogen-bond acceptors (Lipinski definition) is 5. The van der Waals surface area contributed by atoms with Gasteiger partial charge in [-0.1, -0.05) is 31.5 Å². The van der Waals surface area contributed by atoms with Gasteiger partial charge in [0.2, 0.25) is 5.95 Å². The van der Waals surface area contributed by atoms with Crippen LogP contribution in [0.5, 0.6) is 0 Å². The summed E-state index contributed by atoms with van der Waals surface area (Å²) < 4.78 is 0. The van der Waals surface area contributed by atoms with Gasteiger partial charge in [0.05, 0.1) is 6.20 Å². The van der Waals surface area contributed by atoms with E-state index in [1.54, 1.807) is 6.20 Å². The van der Waals surface area contributed by atoms with Crippen LogP contribution in [0.3, 0.4) is 0 Å². The largest absolute Gasteiger partial charge is 0.368 e. The highest BCUT2D eigenvalue weighted by Crippen LogP contribution is 2.24. The molecule has 106 valence electrons. The van der Waals surface area contributed by atoms with Gasteiger partial charge < -0.3 is 10.6 Å². The SMILES string of the molecule is Cc1c(Cl)cccc1Nc1nncc(NCC(C)C)n1. The molecule has 2 N–H and O–H groups in total. The molecule has 5 nitrogen and oxygen atoms in total. The molecular formula is C14H18ClN5. The van der Waals surface area contributed by atoms with Crippen LogP contribution in [0.1, 0.15) is 19.4 Å². The molecule has 2 aromatic rings. The fraction of sp³-hybridized carbons (Fsp3) is 0.357. The van der Waals surface area contributed by atoms with E-state index >= 15 is 0 Å². The third-order valence-corrected chi connectivity index (χ3v) is 3.17. The van der Waals surface area contributed by atoms with E-state index in [1.807, 2.05) is 25.1 Å². The molecule has 0 saturated heterocycles. The number of nitrogens with zero attached hydrogens (tertiary/aromatic N) is 3. The zero-order chi connectivity index (χ0) is 14.5. The normalized spacial score (nSPS) is 10.7. The number of nitrogens with one attached hydrogen (secondary N) is 2. The molecule has 0 saturated carbocycles. The zero-order valence-corrected chi connectivity index (χ0v) is 12.6. The molecule has 0 radical (unpaired) electrons. The predicted octanol–water partition coefficient (Wildman–Crippen LogP) is 3.64. The fourth-order valence-corrected chi connectivity index (χ4v) is 1.79. The minimum Gasteiger partial charge on any atom is -0.368 e. The highest BCUT2D eigenvalue weighted by atomic mass is 35.5. The Bertz CT molecular complexity index is 586. The molecule has 0 unspecified atom stereocenters. The summed E-state index contributed by atoms with van der Waals surface area (Å²) in [5.41, 5.74) is 1.83. The van der Waals surface area contributed by atoms with Crippen LogP contribution < -0.4 is 10.6 Å². The number of rotatable bonds is 5. The first-order valence-corrected chi connectivity index (χ1v) is 6.90. The molecule has 0 aliphatic rings. The number of aromatic nitrogens is 3. The highest BCUT2D eigenvalue weighted by Gasteiger charge is 2.05. The summed E-state index contributed by atoms with van der Waals surface area (Å²) in [6.07, 6.45) is 1.61. The maximum absolute atomic E-state index is 6.09. The average Bonchev–Trinajstić information content (AvgIpc) is 2.42. The van der Waals surface area contributed by atoms with Crippen LogP contribution >= 0.6 is 11.6 Å². The fourth-order valence-electron chi connectivity index (χ4n) is 1.61. The van der Waals surface area contributed by atoms with Gasteiger partial charge in [0.1, 0.15) is 0 Å². The minimum absolute atomic E-state index is 0.448. The van der Waals surface area contributed by atoms with E-state index in [0.29, 0.717) is 22.7 Å². The first-order valence-electron chi connectivity index (χ1n) is 6.52. The standard InChI is InChI=1S/C14H18ClN5/c1-9(2)7-16-13-8-17-20-14(19-13)18-12-6-4-5-11(15)10(12)3/h4-6,8-9H,7H2,1-3H3,(H2,16,18,19,20). The van der Waals surface area contributed by atoms with E-state index in [0.717, 1.165) is 17.8 Å². The molecule has 20 heavy (non-hydrogen) atoms. The van der Waals surface area contributed by atoms with Crippen LogP contribution in [0.2, 0.25) is 5.02 Å². The van der Waals surface area contributed by atoms with Crippen molar-refractivity contribution in [2.75, 3.05) is 17.2 Å². The third-order valence-electron chi connectivity index (χ3n) is 2.76. The Balaban J connectivity index is 2.13. The molecule has 0 atom stereocenters. The summed E-state index contributed by atoms with van der Waals surface area (Å²) in [5.74, 6) is 1.69. The molecule has 0 fully saturated rings. The third kappa shape index (κ3) is 3.81. The van der Waals surface area contributed by atoms with E-state index in [-0.39, 0.29) is 0 Å². The van der Waals surface area contributed by atoms with Gasteiger partial charge in [-0.3, -0.25) is 0 Å². The molecule has 1 aromatic heterocycles. The van der Waals surface area contributed by atoms with Gasteiger partial charge >= 0.3 is 0 Å².